The minimum atomic E-state index is 0.646. The number of rotatable bonds is 4. The molecule has 0 aliphatic carbocycles. The van der Waals surface area contributed by atoms with Crippen molar-refractivity contribution in [2.75, 3.05) is 38.5 Å². The Balaban J connectivity index is 1.24. The minimum absolute atomic E-state index is 0.646. The van der Waals surface area contributed by atoms with Gasteiger partial charge in [0.25, 0.3) is 0 Å². The predicted octanol–water partition coefficient (Wildman–Crippen LogP) is 6.06. The monoisotopic (exact) mass is 441 g/mol. The molecule has 4 N–H and O–H groups in total. The Morgan fingerprint density at radius 2 is 1.48 bits per heavy atom. The summed E-state index contributed by atoms with van der Waals surface area (Å²) in [7, 11) is 2.25. The van der Waals surface area contributed by atoms with Crippen LogP contribution < -0.4 is 10.6 Å². The molecule has 0 spiro atoms. The third kappa shape index (κ3) is 4.16. The molecular weight excluding hydrogens is 406 g/mol. The molecule has 2 saturated heterocycles. The lowest BCUT2D eigenvalue weighted by Gasteiger charge is -2.22. The SMILES string of the molecule is CN1CCCC(c2c[nH]c3cc(Nc4ccc5[nH]cc(C6CCNCC6)c5c4)ccc23)CC1. The first-order chi connectivity index (χ1) is 16.2. The highest BCUT2D eigenvalue weighted by Gasteiger charge is 2.20. The molecule has 33 heavy (non-hydrogen) atoms. The Morgan fingerprint density at radius 1 is 0.758 bits per heavy atom. The van der Waals surface area contributed by atoms with Gasteiger partial charge in [-0.05, 0) is 119 Å². The van der Waals surface area contributed by atoms with Gasteiger partial charge in [-0.2, -0.15) is 0 Å². The molecule has 4 heterocycles. The quantitative estimate of drug-likeness (QED) is 0.311. The molecule has 5 heteroatoms. The molecule has 6 rings (SSSR count). The number of likely N-dealkylation sites (tertiary alicyclic amines) is 1. The fraction of sp³-hybridized carbons (Fsp3) is 0.429. The molecule has 2 aromatic carbocycles. The third-order valence-electron chi connectivity index (χ3n) is 7.89. The van der Waals surface area contributed by atoms with E-state index in [9.17, 15) is 0 Å². The van der Waals surface area contributed by atoms with Crippen LogP contribution in [-0.2, 0) is 0 Å². The van der Waals surface area contributed by atoms with Gasteiger partial charge in [0.1, 0.15) is 0 Å². The van der Waals surface area contributed by atoms with Gasteiger partial charge in [-0.25, -0.2) is 0 Å². The van der Waals surface area contributed by atoms with Gasteiger partial charge in [-0.1, -0.05) is 6.07 Å². The second kappa shape index (κ2) is 8.88. The molecule has 0 saturated carbocycles. The van der Waals surface area contributed by atoms with Gasteiger partial charge in [-0.15, -0.1) is 0 Å². The fourth-order valence-corrected chi connectivity index (χ4v) is 5.97. The molecule has 2 aromatic heterocycles. The average Bonchev–Trinajstić information content (AvgIpc) is 3.39. The zero-order valence-corrected chi connectivity index (χ0v) is 19.6. The zero-order chi connectivity index (χ0) is 22.2. The van der Waals surface area contributed by atoms with Crippen LogP contribution in [0.2, 0.25) is 0 Å². The highest BCUT2D eigenvalue weighted by Crippen LogP contribution is 2.36. The molecule has 1 unspecified atom stereocenters. The van der Waals surface area contributed by atoms with E-state index in [-0.39, 0.29) is 0 Å². The second-order valence-electron chi connectivity index (χ2n) is 10.1. The third-order valence-corrected chi connectivity index (χ3v) is 7.89. The molecule has 2 aliphatic heterocycles. The van der Waals surface area contributed by atoms with E-state index in [0.717, 1.165) is 24.5 Å². The highest BCUT2D eigenvalue weighted by molar-refractivity contribution is 5.90. The van der Waals surface area contributed by atoms with Crippen LogP contribution in [0.4, 0.5) is 11.4 Å². The molecule has 1 atom stereocenters. The van der Waals surface area contributed by atoms with Crippen LogP contribution in [0.25, 0.3) is 21.8 Å². The van der Waals surface area contributed by atoms with Crippen LogP contribution in [0.5, 0.6) is 0 Å². The minimum Gasteiger partial charge on any atom is -0.361 e. The number of benzene rings is 2. The lowest BCUT2D eigenvalue weighted by molar-refractivity contribution is 0.347. The number of nitrogens with one attached hydrogen (secondary N) is 4. The maximum absolute atomic E-state index is 3.66. The molecule has 0 bridgehead atoms. The van der Waals surface area contributed by atoms with Crippen molar-refractivity contribution in [3.05, 3.63) is 59.9 Å². The van der Waals surface area contributed by atoms with E-state index in [0.29, 0.717) is 11.8 Å². The van der Waals surface area contributed by atoms with Crippen molar-refractivity contribution in [3.8, 4) is 0 Å². The van der Waals surface area contributed by atoms with E-state index < -0.39 is 0 Å². The molecule has 0 amide bonds. The van der Waals surface area contributed by atoms with Gasteiger partial charge < -0.3 is 25.5 Å². The van der Waals surface area contributed by atoms with Crippen LogP contribution in [0.15, 0.2) is 48.8 Å². The summed E-state index contributed by atoms with van der Waals surface area (Å²) in [6.45, 7) is 4.64. The Bertz CT molecular complexity index is 1250. The number of fused-ring (bicyclic) bond motifs is 2. The van der Waals surface area contributed by atoms with E-state index in [1.54, 1.807) is 0 Å². The number of aromatic amines is 2. The maximum atomic E-state index is 3.66. The Kier molecular flexibility index (Phi) is 5.60. The molecule has 4 aromatic rings. The molecule has 0 radical (unpaired) electrons. The first-order valence-electron chi connectivity index (χ1n) is 12.6. The number of hydrogen-bond donors (Lipinski definition) is 4. The molecule has 2 aliphatic rings. The van der Waals surface area contributed by atoms with Crippen molar-refractivity contribution >= 4 is 33.2 Å². The summed E-state index contributed by atoms with van der Waals surface area (Å²) in [6, 6.07) is 13.5. The highest BCUT2D eigenvalue weighted by atomic mass is 15.1. The summed E-state index contributed by atoms with van der Waals surface area (Å²) in [6.07, 6.45) is 10.7. The Hall–Kier alpha value is -2.76. The van der Waals surface area contributed by atoms with Crippen molar-refractivity contribution in [3.63, 3.8) is 0 Å². The second-order valence-corrected chi connectivity index (χ2v) is 10.1. The van der Waals surface area contributed by atoms with Crippen LogP contribution in [0, 0.1) is 0 Å². The smallest absolute Gasteiger partial charge is 0.0477 e. The average molecular weight is 442 g/mol. The number of anilines is 2. The van der Waals surface area contributed by atoms with Crippen LogP contribution in [0.1, 0.15) is 55.1 Å². The van der Waals surface area contributed by atoms with Crippen molar-refractivity contribution in [2.45, 2.75) is 43.9 Å². The first-order valence-corrected chi connectivity index (χ1v) is 12.6. The molecule has 2 fully saturated rings. The van der Waals surface area contributed by atoms with E-state index in [2.05, 4.69) is 81.3 Å². The van der Waals surface area contributed by atoms with E-state index >= 15 is 0 Å². The van der Waals surface area contributed by atoms with Crippen molar-refractivity contribution < 1.29 is 0 Å². The maximum Gasteiger partial charge on any atom is 0.0477 e. The van der Waals surface area contributed by atoms with E-state index in [4.69, 9.17) is 0 Å². The van der Waals surface area contributed by atoms with Crippen molar-refractivity contribution in [1.82, 2.24) is 20.2 Å². The zero-order valence-electron chi connectivity index (χ0n) is 19.6. The topological polar surface area (TPSA) is 58.9 Å². The standard InChI is InChI=1S/C28H35N5/c1-33-13-2-3-19(10-14-33)25-17-31-28-16-22(4-6-23(25)28)32-21-5-7-27-24(15-21)26(18-30-27)20-8-11-29-12-9-20/h4-7,15-20,29-32H,2-3,8-14H2,1H3. The number of hydrogen-bond acceptors (Lipinski definition) is 3. The first kappa shape index (κ1) is 20.8. The Labute approximate surface area is 195 Å². The summed E-state index contributed by atoms with van der Waals surface area (Å²) < 4.78 is 0. The van der Waals surface area contributed by atoms with E-state index in [1.807, 2.05) is 0 Å². The molecule has 172 valence electrons. The van der Waals surface area contributed by atoms with Gasteiger partial charge in [0.2, 0.25) is 0 Å². The van der Waals surface area contributed by atoms with Gasteiger partial charge in [-0.3, -0.25) is 0 Å². The lowest BCUT2D eigenvalue weighted by Crippen LogP contribution is -2.26. The summed E-state index contributed by atoms with van der Waals surface area (Å²) in [5, 5.41) is 9.88. The van der Waals surface area contributed by atoms with Crippen LogP contribution >= 0.6 is 0 Å². The number of nitrogens with zero attached hydrogens (tertiary/aromatic N) is 1. The fourth-order valence-electron chi connectivity index (χ4n) is 5.97. The molecule has 5 nitrogen and oxygen atoms in total. The summed E-state index contributed by atoms with van der Waals surface area (Å²) in [5.74, 6) is 1.31. The van der Waals surface area contributed by atoms with Crippen LogP contribution in [-0.4, -0.2) is 48.1 Å². The largest absolute Gasteiger partial charge is 0.361 e. The van der Waals surface area contributed by atoms with Gasteiger partial charge in [0.05, 0.1) is 0 Å². The van der Waals surface area contributed by atoms with Gasteiger partial charge >= 0.3 is 0 Å². The van der Waals surface area contributed by atoms with Gasteiger partial charge in [0, 0.05) is 45.6 Å². The number of aromatic nitrogens is 2. The lowest BCUT2D eigenvalue weighted by atomic mass is 9.90. The van der Waals surface area contributed by atoms with Crippen LogP contribution in [0.3, 0.4) is 0 Å². The Morgan fingerprint density at radius 3 is 2.36 bits per heavy atom. The van der Waals surface area contributed by atoms with Gasteiger partial charge in [0.15, 0.2) is 0 Å². The summed E-state index contributed by atoms with van der Waals surface area (Å²) in [4.78, 5) is 9.51. The summed E-state index contributed by atoms with van der Waals surface area (Å²) >= 11 is 0. The number of H-pyrrole nitrogens is 2. The van der Waals surface area contributed by atoms with Crippen molar-refractivity contribution in [2.24, 2.45) is 0 Å². The molecular formula is C28H35N5. The van der Waals surface area contributed by atoms with Crippen molar-refractivity contribution in [1.29, 1.82) is 0 Å². The summed E-state index contributed by atoms with van der Waals surface area (Å²) in [5.41, 5.74) is 7.70. The predicted molar refractivity (Wildman–Crippen MR) is 139 cm³/mol. The normalized spacial score (nSPS) is 20.9. The number of piperidine rings is 1. The van der Waals surface area contributed by atoms with E-state index in [1.165, 1.54) is 78.1 Å².